The number of rotatable bonds is 4. The van der Waals surface area contributed by atoms with Crippen molar-refractivity contribution >= 4 is 34.4 Å². The Kier molecular flexibility index (Phi) is 5.23. The van der Waals surface area contributed by atoms with Crippen molar-refractivity contribution in [1.29, 1.82) is 0 Å². The summed E-state index contributed by atoms with van der Waals surface area (Å²) in [6.07, 6.45) is 3.75. The second kappa shape index (κ2) is 8.42. The van der Waals surface area contributed by atoms with Crippen LogP contribution in [0.3, 0.4) is 0 Å². The summed E-state index contributed by atoms with van der Waals surface area (Å²) < 4.78 is 13.4. The Morgan fingerprint density at radius 2 is 1.94 bits per heavy atom. The van der Waals surface area contributed by atoms with Gasteiger partial charge in [-0.15, -0.1) is 11.3 Å². The fraction of sp³-hybridized carbons (Fsp3) is 0.185. The van der Waals surface area contributed by atoms with Gasteiger partial charge < -0.3 is 9.47 Å². The number of aromatic nitrogens is 1. The molecule has 3 heterocycles. The van der Waals surface area contributed by atoms with Crippen LogP contribution in [0, 0.1) is 0 Å². The molecule has 1 atom stereocenters. The fourth-order valence-electron chi connectivity index (χ4n) is 4.80. The van der Waals surface area contributed by atoms with Crippen molar-refractivity contribution in [3.8, 4) is 11.5 Å². The molecule has 0 radical (unpaired) electrons. The van der Waals surface area contributed by atoms with Crippen LogP contribution < -0.4 is 24.4 Å². The highest BCUT2D eigenvalue weighted by atomic mass is 32.1. The monoisotopic (exact) mass is 486 g/mol. The lowest BCUT2D eigenvalue weighted by atomic mass is 9.85. The van der Waals surface area contributed by atoms with E-state index in [-0.39, 0.29) is 11.6 Å². The Labute approximate surface area is 204 Å². The van der Waals surface area contributed by atoms with Crippen LogP contribution in [0.25, 0.3) is 11.8 Å². The number of fused-ring (bicyclic) bond motifs is 3. The van der Waals surface area contributed by atoms with Gasteiger partial charge in [0.1, 0.15) is 11.5 Å². The Hall–Kier alpha value is -3.42. The number of hydrogen-bond donors (Lipinski definition) is 0. The predicted molar refractivity (Wildman–Crippen MR) is 137 cm³/mol. The van der Waals surface area contributed by atoms with Crippen molar-refractivity contribution < 1.29 is 9.47 Å². The minimum absolute atomic E-state index is 0.0228. The largest absolute Gasteiger partial charge is 0.497 e. The molecule has 170 valence electrons. The van der Waals surface area contributed by atoms with Gasteiger partial charge in [-0.1, -0.05) is 41.7 Å². The molecular weight excluding hydrogens is 464 g/mol. The number of thiophene rings is 1. The fourth-order valence-corrected chi connectivity index (χ4v) is 6.64. The first kappa shape index (κ1) is 21.1. The lowest BCUT2D eigenvalue weighted by Gasteiger charge is -2.30. The third-order valence-corrected chi connectivity index (χ3v) is 8.32. The van der Waals surface area contributed by atoms with Gasteiger partial charge in [-0.3, -0.25) is 9.36 Å². The van der Waals surface area contributed by atoms with Crippen LogP contribution in [0.5, 0.6) is 11.5 Å². The first-order valence-electron chi connectivity index (χ1n) is 11.1. The van der Waals surface area contributed by atoms with Gasteiger partial charge in [-0.25, -0.2) is 4.99 Å². The van der Waals surface area contributed by atoms with E-state index in [9.17, 15) is 4.79 Å². The van der Waals surface area contributed by atoms with Crippen molar-refractivity contribution in [3.05, 3.63) is 107 Å². The average molecular weight is 487 g/mol. The molecule has 0 spiro atoms. The molecular formula is C27H22N2O3S2. The van der Waals surface area contributed by atoms with Crippen LogP contribution in [0.15, 0.2) is 75.3 Å². The number of thiazole rings is 1. The second-order valence-electron chi connectivity index (χ2n) is 8.24. The van der Waals surface area contributed by atoms with Crippen LogP contribution in [0.1, 0.15) is 34.0 Å². The molecule has 2 aromatic carbocycles. The molecule has 0 unspecified atom stereocenters. The van der Waals surface area contributed by atoms with E-state index in [1.807, 2.05) is 28.8 Å². The number of aryl methyl sites for hydroxylation is 1. The topological polar surface area (TPSA) is 52.8 Å². The number of methoxy groups -OCH3 is 2. The number of allylic oxidation sites excluding steroid dienone is 1. The average Bonchev–Trinajstić information content (AvgIpc) is 3.51. The minimum atomic E-state index is -0.125. The van der Waals surface area contributed by atoms with E-state index in [2.05, 4.69) is 41.8 Å². The van der Waals surface area contributed by atoms with E-state index in [1.54, 1.807) is 25.6 Å². The maximum Gasteiger partial charge on any atom is 0.271 e. The third kappa shape index (κ3) is 3.35. The summed E-state index contributed by atoms with van der Waals surface area (Å²) in [5.74, 6) is 1.37. The van der Waals surface area contributed by atoms with E-state index in [1.165, 1.54) is 28.0 Å². The molecule has 6 rings (SSSR count). The van der Waals surface area contributed by atoms with Gasteiger partial charge >= 0.3 is 0 Å². The van der Waals surface area contributed by atoms with Crippen molar-refractivity contribution in [2.45, 2.75) is 18.9 Å². The zero-order chi connectivity index (χ0) is 23.2. The maximum absolute atomic E-state index is 13.8. The van der Waals surface area contributed by atoms with Crippen LogP contribution in [0.4, 0.5) is 0 Å². The Morgan fingerprint density at radius 3 is 2.74 bits per heavy atom. The molecule has 1 aliphatic carbocycles. The number of ether oxygens (including phenoxy) is 2. The summed E-state index contributed by atoms with van der Waals surface area (Å²) in [6.45, 7) is 0. The van der Waals surface area contributed by atoms with Crippen molar-refractivity contribution in [1.82, 2.24) is 4.57 Å². The van der Waals surface area contributed by atoms with Gasteiger partial charge in [0.15, 0.2) is 4.80 Å². The summed E-state index contributed by atoms with van der Waals surface area (Å²) in [5.41, 5.74) is 5.55. The van der Waals surface area contributed by atoms with E-state index >= 15 is 0 Å². The van der Waals surface area contributed by atoms with Crippen molar-refractivity contribution in [2.24, 2.45) is 4.99 Å². The lowest BCUT2D eigenvalue weighted by molar-refractivity contribution is 0.393. The normalized spacial score (nSPS) is 17.0. The van der Waals surface area contributed by atoms with E-state index in [4.69, 9.17) is 14.5 Å². The number of benzene rings is 2. The molecule has 2 aliphatic rings. The maximum atomic E-state index is 13.8. The molecule has 0 saturated carbocycles. The molecule has 0 bridgehead atoms. The standard InChI is InChI=1S/C27H22N2O3S2/c1-31-18-11-9-17(21(15-18)32-2)14-23-26(30)29-25(22-8-5-13-33-22)20-12-10-16-6-3-4-7-19(16)24(20)28-27(29)34-23/h3-9,11,13-15,25H,10,12H2,1-2H3/b23-14-/t25-/m0/s1. The highest BCUT2D eigenvalue weighted by molar-refractivity contribution is 7.10. The SMILES string of the molecule is COc1ccc(/C=c2\sc3n(c2=O)[C@H](c2cccs2)C2=C(N=3)c3ccccc3CC2)c(OC)c1. The summed E-state index contributed by atoms with van der Waals surface area (Å²) in [6, 6.07) is 18.1. The molecule has 2 aromatic heterocycles. The molecule has 0 N–H and O–H groups in total. The quantitative estimate of drug-likeness (QED) is 0.430. The van der Waals surface area contributed by atoms with Crippen molar-refractivity contribution in [2.75, 3.05) is 14.2 Å². The number of hydrogen-bond acceptors (Lipinski definition) is 6. The summed E-state index contributed by atoms with van der Waals surface area (Å²) in [7, 11) is 3.24. The molecule has 34 heavy (non-hydrogen) atoms. The highest BCUT2D eigenvalue weighted by Gasteiger charge is 2.33. The third-order valence-electron chi connectivity index (χ3n) is 6.41. The summed E-state index contributed by atoms with van der Waals surface area (Å²) in [5, 5.41) is 2.07. The summed E-state index contributed by atoms with van der Waals surface area (Å²) >= 11 is 3.12. The van der Waals surface area contributed by atoms with Crippen LogP contribution in [-0.4, -0.2) is 18.8 Å². The van der Waals surface area contributed by atoms with Crippen LogP contribution in [-0.2, 0) is 6.42 Å². The Balaban J connectivity index is 1.59. The van der Waals surface area contributed by atoms with Gasteiger partial charge in [0.05, 0.1) is 30.5 Å². The lowest BCUT2D eigenvalue weighted by Crippen LogP contribution is -2.38. The second-order valence-corrected chi connectivity index (χ2v) is 10.2. The zero-order valence-corrected chi connectivity index (χ0v) is 20.4. The molecule has 0 fully saturated rings. The molecule has 0 amide bonds. The Morgan fingerprint density at radius 1 is 1.06 bits per heavy atom. The van der Waals surface area contributed by atoms with Gasteiger partial charge in [-0.2, -0.15) is 0 Å². The first-order valence-corrected chi connectivity index (χ1v) is 12.8. The highest BCUT2D eigenvalue weighted by Crippen LogP contribution is 2.42. The molecule has 4 aromatic rings. The van der Waals surface area contributed by atoms with Gasteiger partial charge in [0.2, 0.25) is 0 Å². The number of nitrogens with zero attached hydrogens (tertiary/aromatic N) is 2. The molecule has 5 nitrogen and oxygen atoms in total. The smallest absolute Gasteiger partial charge is 0.271 e. The van der Waals surface area contributed by atoms with Crippen LogP contribution >= 0.6 is 22.7 Å². The first-order chi connectivity index (χ1) is 16.7. The van der Waals surface area contributed by atoms with Gasteiger partial charge in [0, 0.05) is 22.1 Å². The Bertz CT molecular complexity index is 1610. The molecule has 1 aliphatic heterocycles. The zero-order valence-electron chi connectivity index (χ0n) is 18.8. The van der Waals surface area contributed by atoms with E-state index in [0.29, 0.717) is 16.0 Å². The van der Waals surface area contributed by atoms with E-state index in [0.717, 1.165) is 33.8 Å². The van der Waals surface area contributed by atoms with Gasteiger partial charge in [-0.05, 0) is 53.6 Å². The van der Waals surface area contributed by atoms with Crippen LogP contribution in [0.2, 0.25) is 0 Å². The minimum Gasteiger partial charge on any atom is -0.497 e. The molecule has 7 heteroatoms. The summed E-state index contributed by atoms with van der Waals surface area (Å²) in [4.78, 5) is 20.7. The van der Waals surface area contributed by atoms with Gasteiger partial charge in [0.25, 0.3) is 5.56 Å². The predicted octanol–water partition coefficient (Wildman–Crippen LogP) is 4.40. The molecule has 0 saturated heterocycles. The van der Waals surface area contributed by atoms with E-state index < -0.39 is 0 Å². The van der Waals surface area contributed by atoms with Crippen molar-refractivity contribution in [3.63, 3.8) is 0 Å².